The number of allylic oxidation sites excluding steroid dienone is 4. The van der Waals surface area contributed by atoms with Crippen molar-refractivity contribution in [2.75, 3.05) is 14.2 Å². The van der Waals surface area contributed by atoms with Crippen LogP contribution < -0.4 is 0 Å². The molecule has 7 nitrogen and oxygen atoms in total. The van der Waals surface area contributed by atoms with Crippen molar-refractivity contribution >= 4 is 23.8 Å². The van der Waals surface area contributed by atoms with Gasteiger partial charge in [-0.25, -0.2) is 0 Å². The first-order chi connectivity index (χ1) is 13.2. The number of hydrogen-bond donors (Lipinski definition) is 0. The number of carbonyl (C=O) groups is 4. The predicted octanol–water partition coefficient (Wildman–Crippen LogP) is 1.75. The van der Waals surface area contributed by atoms with Gasteiger partial charge in [0.1, 0.15) is 12.4 Å². The summed E-state index contributed by atoms with van der Waals surface area (Å²) in [5.74, 6) is -2.25. The standard InChI is InChI=1S/C21H24O7/c1-20-10(5-6-13(26-3)19(20)25)7-14-21(2)12(8-15(23)28-14)11(9-22)17(27-4)16(24)18(20)21/h6,9-10,12,14,18H,5,7-8H2,1-4H3/t10-,12+,14-,18-,20+,21-/m1/s1. The smallest absolute Gasteiger partial charge is 0.306 e. The van der Waals surface area contributed by atoms with Gasteiger partial charge in [0.05, 0.1) is 20.6 Å². The van der Waals surface area contributed by atoms with Crippen LogP contribution >= 0.6 is 0 Å². The predicted molar refractivity (Wildman–Crippen MR) is 95.6 cm³/mol. The van der Waals surface area contributed by atoms with Crippen LogP contribution in [0.25, 0.3) is 0 Å². The summed E-state index contributed by atoms with van der Waals surface area (Å²) >= 11 is 0. The molecule has 0 N–H and O–H groups in total. The van der Waals surface area contributed by atoms with Crippen molar-refractivity contribution < 1.29 is 33.4 Å². The quantitative estimate of drug-likeness (QED) is 0.537. The van der Waals surface area contributed by atoms with Crippen LogP contribution in [-0.2, 0) is 33.4 Å². The number of fused-ring (bicyclic) bond motifs is 2. The van der Waals surface area contributed by atoms with E-state index < -0.39 is 34.7 Å². The summed E-state index contributed by atoms with van der Waals surface area (Å²) in [5.41, 5.74) is -1.69. The maximum atomic E-state index is 13.6. The number of methoxy groups -OCH3 is 2. The molecule has 0 aromatic rings. The molecule has 1 heterocycles. The van der Waals surface area contributed by atoms with Crippen LogP contribution in [0.1, 0.15) is 33.1 Å². The Kier molecular flexibility index (Phi) is 4.07. The number of ether oxygens (including phenoxy) is 3. The van der Waals surface area contributed by atoms with Crippen molar-refractivity contribution in [3.8, 4) is 0 Å². The second-order valence-corrected chi connectivity index (χ2v) is 8.56. The zero-order chi connectivity index (χ0) is 20.4. The van der Waals surface area contributed by atoms with Crippen molar-refractivity contribution in [2.24, 2.45) is 28.6 Å². The monoisotopic (exact) mass is 388 g/mol. The summed E-state index contributed by atoms with van der Waals surface area (Å²) in [5, 5.41) is 0. The van der Waals surface area contributed by atoms with Crippen molar-refractivity contribution in [3.05, 3.63) is 23.2 Å². The number of ketones is 2. The molecule has 0 bridgehead atoms. The second-order valence-electron chi connectivity index (χ2n) is 8.56. The molecule has 2 fully saturated rings. The summed E-state index contributed by atoms with van der Waals surface area (Å²) in [6.07, 6.45) is 2.82. The molecule has 0 spiro atoms. The van der Waals surface area contributed by atoms with Crippen molar-refractivity contribution in [2.45, 2.75) is 39.2 Å². The molecule has 6 atom stereocenters. The van der Waals surface area contributed by atoms with Gasteiger partial charge in [0.15, 0.2) is 11.5 Å². The van der Waals surface area contributed by atoms with E-state index in [0.717, 1.165) is 0 Å². The van der Waals surface area contributed by atoms with Crippen molar-refractivity contribution in [1.82, 2.24) is 0 Å². The highest BCUT2D eigenvalue weighted by molar-refractivity contribution is 6.09. The molecule has 1 aliphatic heterocycles. The first-order valence-electron chi connectivity index (χ1n) is 9.51. The summed E-state index contributed by atoms with van der Waals surface area (Å²) in [4.78, 5) is 51.2. The van der Waals surface area contributed by atoms with Gasteiger partial charge in [-0.15, -0.1) is 0 Å². The molecule has 1 saturated carbocycles. The topological polar surface area (TPSA) is 96.0 Å². The van der Waals surface area contributed by atoms with E-state index in [4.69, 9.17) is 14.2 Å². The largest absolute Gasteiger partial charge is 0.493 e. The second kappa shape index (κ2) is 6.03. The molecule has 28 heavy (non-hydrogen) atoms. The van der Waals surface area contributed by atoms with E-state index in [1.807, 2.05) is 13.8 Å². The summed E-state index contributed by atoms with van der Waals surface area (Å²) in [7, 11) is 2.78. The maximum Gasteiger partial charge on any atom is 0.306 e. The Morgan fingerprint density at radius 1 is 1.18 bits per heavy atom. The number of aldehydes is 1. The number of carbonyl (C=O) groups excluding carboxylic acids is 4. The van der Waals surface area contributed by atoms with Gasteiger partial charge in [0.2, 0.25) is 11.6 Å². The van der Waals surface area contributed by atoms with Gasteiger partial charge in [0, 0.05) is 28.2 Å². The highest BCUT2D eigenvalue weighted by Crippen LogP contribution is 2.66. The zero-order valence-electron chi connectivity index (χ0n) is 16.4. The van der Waals surface area contributed by atoms with E-state index in [-0.39, 0.29) is 41.0 Å². The Bertz CT molecular complexity index is 853. The Morgan fingerprint density at radius 3 is 2.50 bits per heavy atom. The lowest BCUT2D eigenvalue weighted by molar-refractivity contribution is -0.214. The van der Waals surface area contributed by atoms with Gasteiger partial charge >= 0.3 is 5.97 Å². The van der Waals surface area contributed by atoms with Gasteiger partial charge in [-0.1, -0.05) is 13.8 Å². The molecule has 7 heteroatoms. The maximum absolute atomic E-state index is 13.6. The van der Waals surface area contributed by atoms with Gasteiger partial charge in [-0.2, -0.15) is 0 Å². The van der Waals surface area contributed by atoms with E-state index in [9.17, 15) is 19.2 Å². The van der Waals surface area contributed by atoms with Crippen molar-refractivity contribution in [1.29, 1.82) is 0 Å². The average molecular weight is 388 g/mol. The van der Waals surface area contributed by atoms with Crippen LogP contribution in [0.3, 0.4) is 0 Å². The Balaban J connectivity index is 1.98. The Morgan fingerprint density at radius 2 is 1.89 bits per heavy atom. The van der Waals surface area contributed by atoms with E-state index >= 15 is 0 Å². The lowest BCUT2D eigenvalue weighted by Crippen LogP contribution is -2.68. The fourth-order valence-electron chi connectivity index (χ4n) is 6.25. The molecule has 0 radical (unpaired) electrons. The summed E-state index contributed by atoms with van der Waals surface area (Å²) in [6, 6.07) is 0. The van der Waals surface area contributed by atoms with Gasteiger partial charge < -0.3 is 14.2 Å². The van der Waals surface area contributed by atoms with E-state index in [1.54, 1.807) is 6.08 Å². The molecular weight excluding hydrogens is 364 g/mol. The van der Waals surface area contributed by atoms with Gasteiger partial charge in [-0.3, -0.25) is 19.2 Å². The number of rotatable bonds is 3. The van der Waals surface area contributed by atoms with Gasteiger partial charge in [-0.05, 0) is 24.8 Å². The van der Waals surface area contributed by atoms with E-state index in [0.29, 0.717) is 19.1 Å². The molecule has 0 amide bonds. The SMILES string of the molecule is COC1=CC[C@@H]2C[C@H]3OC(=O)C[C@H]4C(C=O)=C(OC)C(=O)[C@H]([C@@]2(C)C1=O)[C@@]34C. The fraction of sp³-hybridized carbons (Fsp3) is 0.619. The highest BCUT2D eigenvalue weighted by atomic mass is 16.5. The number of Topliss-reactive ketones (excluding diaryl/α,β-unsaturated/α-hetero) is 2. The molecule has 4 rings (SSSR count). The minimum Gasteiger partial charge on any atom is -0.493 e. The van der Waals surface area contributed by atoms with Crippen LogP contribution in [0.2, 0.25) is 0 Å². The van der Waals surface area contributed by atoms with Crippen LogP contribution in [0.4, 0.5) is 0 Å². The molecule has 150 valence electrons. The lowest BCUT2D eigenvalue weighted by Gasteiger charge is -2.63. The highest BCUT2D eigenvalue weighted by Gasteiger charge is 2.71. The summed E-state index contributed by atoms with van der Waals surface area (Å²) in [6.45, 7) is 3.68. The first-order valence-corrected chi connectivity index (χ1v) is 9.51. The summed E-state index contributed by atoms with van der Waals surface area (Å²) < 4.78 is 16.3. The minimum absolute atomic E-state index is 0.0143. The third-order valence-corrected chi connectivity index (χ3v) is 7.63. The van der Waals surface area contributed by atoms with Crippen LogP contribution in [0, 0.1) is 28.6 Å². The molecule has 1 saturated heterocycles. The Hall–Kier alpha value is -2.44. The minimum atomic E-state index is -1.03. The molecule has 4 aliphatic rings. The first kappa shape index (κ1) is 18.9. The van der Waals surface area contributed by atoms with Crippen molar-refractivity contribution in [3.63, 3.8) is 0 Å². The molecule has 3 aliphatic carbocycles. The number of hydrogen-bond acceptors (Lipinski definition) is 7. The third-order valence-electron chi connectivity index (χ3n) is 7.63. The molecule has 0 aromatic heterocycles. The van der Waals surface area contributed by atoms with Gasteiger partial charge in [0.25, 0.3) is 0 Å². The zero-order valence-corrected chi connectivity index (χ0v) is 16.4. The molecule has 0 aromatic carbocycles. The fourth-order valence-corrected chi connectivity index (χ4v) is 6.25. The molecular formula is C21H24O7. The normalized spacial score (nSPS) is 42.1. The third kappa shape index (κ3) is 2.05. The van der Waals surface area contributed by atoms with E-state index in [2.05, 4.69) is 0 Å². The average Bonchev–Trinajstić information content (AvgIpc) is 2.65. The Labute approximate surface area is 163 Å². The molecule has 0 unspecified atom stereocenters. The van der Waals surface area contributed by atoms with E-state index in [1.165, 1.54) is 14.2 Å². The lowest BCUT2D eigenvalue weighted by atomic mass is 9.41. The van der Waals surface area contributed by atoms with Crippen LogP contribution in [0.5, 0.6) is 0 Å². The van der Waals surface area contributed by atoms with Crippen LogP contribution in [0.15, 0.2) is 23.2 Å². The number of esters is 1. The van der Waals surface area contributed by atoms with Crippen LogP contribution in [-0.4, -0.2) is 44.1 Å².